The van der Waals surface area contributed by atoms with Gasteiger partial charge in [0.2, 0.25) is 0 Å². The maximum Gasteiger partial charge on any atom is 0.0433 e. The summed E-state index contributed by atoms with van der Waals surface area (Å²) < 4.78 is 0. The third-order valence-electron chi connectivity index (χ3n) is 4.32. The van der Waals surface area contributed by atoms with Crippen LogP contribution in [0.15, 0.2) is 0 Å². The lowest BCUT2D eigenvalue weighted by Gasteiger charge is -2.29. The summed E-state index contributed by atoms with van der Waals surface area (Å²) in [6.45, 7) is 0.707. The molecule has 0 aromatic heterocycles. The van der Waals surface area contributed by atoms with Gasteiger partial charge < -0.3 is 10.2 Å². The fourth-order valence-corrected chi connectivity index (χ4v) is 3.83. The zero-order valence-electron chi connectivity index (χ0n) is 8.86. The maximum absolute atomic E-state index is 8.98. The largest absolute Gasteiger partial charge is 0.396 e. The van der Waals surface area contributed by atoms with E-state index in [4.69, 9.17) is 10.2 Å². The van der Waals surface area contributed by atoms with Crippen molar-refractivity contribution < 1.29 is 10.2 Å². The normalized spacial score (nSPS) is 40.7. The lowest BCUT2D eigenvalue weighted by Crippen LogP contribution is -2.21. The highest BCUT2D eigenvalue weighted by Crippen LogP contribution is 2.54. The predicted octanol–water partition coefficient (Wildman–Crippen LogP) is 1.80. The monoisotopic (exact) mass is 198 g/mol. The lowest BCUT2D eigenvalue weighted by molar-refractivity contribution is 0.166. The standard InChI is InChI=1S/C12H22O2/c13-4-1-2-10-6-9-7-11(3-5-14)12(10)8-9/h9-14H,1-8H2. The van der Waals surface area contributed by atoms with Crippen molar-refractivity contribution in [3.05, 3.63) is 0 Å². The van der Waals surface area contributed by atoms with Crippen LogP contribution >= 0.6 is 0 Å². The molecule has 2 bridgehead atoms. The lowest BCUT2D eigenvalue weighted by atomic mass is 9.77. The predicted molar refractivity (Wildman–Crippen MR) is 55.8 cm³/mol. The highest BCUT2D eigenvalue weighted by Gasteiger charge is 2.44. The molecule has 4 unspecified atom stereocenters. The van der Waals surface area contributed by atoms with Gasteiger partial charge in [-0.25, -0.2) is 0 Å². The number of rotatable bonds is 5. The fourth-order valence-electron chi connectivity index (χ4n) is 3.83. The van der Waals surface area contributed by atoms with Crippen LogP contribution in [0.2, 0.25) is 0 Å². The first-order valence-corrected chi connectivity index (χ1v) is 6.07. The van der Waals surface area contributed by atoms with Crippen molar-refractivity contribution >= 4 is 0 Å². The molecule has 0 heterocycles. The van der Waals surface area contributed by atoms with E-state index in [0.717, 1.165) is 36.5 Å². The smallest absolute Gasteiger partial charge is 0.0433 e. The van der Waals surface area contributed by atoms with Crippen molar-refractivity contribution in [2.24, 2.45) is 23.7 Å². The zero-order chi connectivity index (χ0) is 9.97. The Bertz CT molecular complexity index is 179. The van der Waals surface area contributed by atoms with E-state index in [0.29, 0.717) is 13.2 Å². The van der Waals surface area contributed by atoms with Gasteiger partial charge in [-0.3, -0.25) is 0 Å². The number of aliphatic hydroxyl groups excluding tert-OH is 2. The third kappa shape index (κ3) is 1.96. The molecule has 14 heavy (non-hydrogen) atoms. The molecule has 0 aliphatic heterocycles. The van der Waals surface area contributed by atoms with E-state index in [1.165, 1.54) is 25.7 Å². The Morgan fingerprint density at radius 1 is 0.857 bits per heavy atom. The molecule has 2 N–H and O–H groups in total. The molecule has 4 atom stereocenters. The second-order valence-electron chi connectivity index (χ2n) is 5.14. The third-order valence-corrected chi connectivity index (χ3v) is 4.32. The minimum absolute atomic E-state index is 0.346. The molecule has 0 spiro atoms. The zero-order valence-corrected chi connectivity index (χ0v) is 8.86. The van der Waals surface area contributed by atoms with E-state index in [1.807, 2.05) is 0 Å². The minimum Gasteiger partial charge on any atom is -0.396 e. The van der Waals surface area contributed by atoms with Crippen LogP contribution in [0, 0.1) is 23.7 Å². The van der Waals surface area contributed by atoms with Gasteiger partial charge in [0.15, 0.2) is 0 Å². The van der Waals surface area contributed by atoms with Gasteiger partial charge in [0.05, 0.1) is 0 Å². The summed E-state index contributed by atoms with van der Waals surface area (Å²) >= 11 is 0. The van der Waals surface area contributed by atoms with Crippen LogP contribution < -0.4 is 0 Å². The van der Waals surface area contributed by atoms with E-state index < -0.39 is 0 Å². The Morgan fingerprint density at radius 2 is 1.57 bits per heavy atom. The molecular formula is C12H22O2. The summed E-state index contributed by atoms with van der Waals surface area (Å²) in [7, 11) is 0. The van der Waals surface area contributed by atoms with Crippen molar-refractivity contribution in [1.29, 1.82) is 0 Å². The SMILES string of the molecule is OCCCC1CC2CC(CCO)C1C2. The molecular weight excluding hydrogens is 176 g/mol. The van der Waals surface area contributed by atoms with Gasteiger partial charge in [0.25, 0.3) is 0 Å². The summed E-state index contributed by atoms with van der Waals surface area (Å²) in [6, 6.07) is 0. The summed E-state index contributed by atoms with van der Waals surface area (Å²) in [5.74, 6) is 3.47. The van der Waals surface area contributed by atoms with Gasteiger partial charge >= 0.3 is 0 Å². The van der Waals surface area contributed by atoms with Crippen molar-refractivity contribution in [1.82, 2.24) is 0 Å². The Morgan fingerprint density at radius 3 is 2.14 bits per heavy atom. The first-order valence-electron chi connectivity index (χ1n) is 6.07. The molecule has 2 rings (SSSR count). The number of hydrogen-bond acceptors (Lipinski definition) is 2. The topological polar surface area (TPSA) is 40.5 Å². The first kappa shape index (κ1) is 10.4. The fraction of sp³-hybridized carbons (Fsp3) is 1.00. The van der Waals surface area contributed by atoms with Crippen LogP contribution in [-0.2, 0) is 0 Å². The molecule has 2 aliphatic carbocycles. The molecule has 2 heteroatoms. The molecule has 0 amide bonds. The average molecular weight is 198 g/mol. The maximum atomic E-state index is 8.98. The highest BCUT2D eigenvalue weighted by atomic mass is 16.3. The van der Waals surface area contributed by atoms with Crippen molar-refractivity contribution in [3.63, 3.8) is 0 Å². The quantitative estimate of drug-likeness (QED) is 0.707. The summed E-state index contributed by atoms with van der Waals surface area (Å²) in [5.41, 5.74) is 0. The summed E-state index contributed by atoms with van der Waals surface area (Å²) in [6.07, 6.45) is 7.35. The Labute approximate surface area is 86.3 Å². The molecule has 0 aromatic rings. The Hall–Kier alpha value is -0.0800. The molecule has 0 radical (unpaired) electrons. The van der Waals surface area contributed by atoms with E-state index in [1.54, 1.807) is 0 Å². The van der Waals surface area contributed by atoms with Crippen molar-refractivity contribution in [2.75, 3.05) is 13.2 Å². The summed E-state index contributed by atoms with van der Waals surface area (Å²) in [5, 5.41) is 17.8. The van der Waals surface area contributed by atoms with Gasteiger partial charge in [-0.2, -0.15) is 0 Å². The van der Waals surface area contributed by atoms with Gasteiger partial charge in [-0.15, -0.1) is 0 Å². The van der Waals surface area contributed by atoms with Crippen molar-refractivity contribution in [3.8, 4) is 0 Å². The molecule has 0 aromatic carbocycles. The van der Waals surface area contributed by atoms with Gasteiger partial charge in [-0.05, 0) is 62.2 Å². The van der Waals surface area contributed by atoms with Crippen molar-refractivity contribution in [2.45, 2.75) is 38.5 Å². The van der Waals surface area contributed by atoms with Crippen LogP contribution in [-0.4, -0.2) is 23.4 Å². The highest BCUT2D eigenvalue weighted by molar-refractivity contribution is 4.94. The number of hydrogen-bond donors (Lipinski definition) is 2. The molecule has 82 valence electrons. The van der Waals surface area contributed by atoms with E-state index in [2.05, 4.69) is 0 Å². The average Bonchev–Trinajstić information content (AvgIpc) is 2.74. The van der Waals surface area contributed by atoms with E-state index >= 15 is 0 Å². The Balaban J connectivity index is 1.84. The van der Waals surface area contributed by atoms with Crippen LogP contribution in [0.5, 0.6) is 0 Å². The van der Waals surface area contributed by atoms with Crippen LogP contribution in [0.25, 0.3) is 0 Å². The number of fused-ring (bicyclic) bond motifs is 2. The van der Waals surface area contributed by atoms with Crippen LogP contribution in [0.4, 0.5) is 0 Å². The minimum atomic E-state index is 0.346. The second-order valence-corrected chi connectivity index (χ2v) is 5.14. The van der Waals surface area contributed by atoms with E-state index in [-0.39, 0.29) is 0 Å². The molecule has 0 saturated heterocycles. The second kappa shape index (κ2) is 4.63. The molecule has 2 fully saturated rings. The molecule has 2 saturated carbocycles. The van der Waals surface area contributed by atoms with Gasteiger partial charge in [0, 0.05) is 13.2 Å². The van der Waals surface area contributed by atoms with Gasteiger partial charge in [-0.1, -0.05) is 0 Å². The Kier molecular flexibility index (Phi) is 3.45. The first-order chi connectivity index (χ1) is 6.85. The van der Waals surface area contributed by atoms with Crippen LogP contribution in [0.3, 0.4) is 0 Å². The molecule has 2 aliphatic rings. The number of aliphatic hydroxyl groups is 2. The van der Waals surface area contributed by atoms with Gasteiger partial charge in [0.1, 0.15) is 0 Å². The van der Waals surface area contributed by atoms with Crippen LogP contribution in [0.1, 0.15) is 38.5 Å². The van der Waals surface area contributed by atoms with E-state index in [9.17, 15) is 0 Å². The summed E-state index contributed by atoms with van der Waals surface area (Å²) in [4.78, 5) is 0. The molecule has 2 nitrogen and oxygen atoms in total.